The average molecular weight is 338 g/mol. The Morgan fingerprint density at radius 2 is 2.13 bits per heavy atom. The third kappa shape index (κ3) is 3.64. The molecule has 23 heavy (non-hydrogen) atoms. The quantitative estimate of drug-likeness (QED) is 0.506. The second-order valence-corrected chi connectivity index (χ2v) is 6.31. The third-order valence-electron chi connectivity index (χ3n) is 3.80. The highest BCUT2D eigenvalue weighted by atomic mass is 32.1. The molecule has 0 N–H and O–H groups in total. The second-order valence-electron chi connectivity index (χ2n) is 5.69. The van der Waals surface area contributed by atoms with Crippen LogP contribution in [0, 0.1) is 16.0 Å². The molecule has 1 heterocycles. The summed E-state index contributed by atoms with van der Waals surface area (Å²) in [5, 5.41) is 10.4. The summed E-state index contributed by atoms with van der Waals surface area (Å²) in [7, 11) is 0. The van der Waals surface area contributed by atoms with Gasteiger partial charge in [0.05, 0.1) is 11.0 Å². The number of nitro benzene ring substituents is 1. The summed E-state index contributed by atoms with van der Waals surface area (Å²) in [4.78, 5) is 35.9. The number of ether oxygens (including phenoxy) is 1. The molecule has 0 spiro atoms. The number of rotatable bonds is 5. The number of hydrogen-bond donors (Lipinski definition) is 1. The van der Waals surface area contributed by atoms with Crippen LogP contribution < -0.4 is 0 Å². The van der Waals surface area contributed by atoms with Crippen molar-refractivity contribution >= 4 is 30.3 Å². The molecule has 1 aliphatic rings. The Balaban J connectivity index is 2.17. The zero-order chi connectivity index (χ0) is 17.1. The lowest BCUT2D eigenvalue weighted by molar-refractivity contribution is -0.385. The van der Waals surface area contributed by atoms with Crippen LogP contribution in [0.3, 0.4) is 0 Å². The number of nitrogens with zero attached hydrogens (tertiary/aromatic N) is 2. The minimum Gasteiger partial charge on any atom is -0.447 e. The Hall–Kier alpha value is -2.09. The van der Waals surface area contributed by atoms with E-state index in [2.05, 4.69) is 12.6 Å². The number of carbonyl (C=O) groups is 2. The SMILES string of the molecule is CC(C)[C@H]1COC(=O)N1C(=O)C[C@H](S)c1ccccc1[N+](=O)[O-]. The van der Waals surface area contributed by atoms with Gasteiger partial charge in [0.2, 0.25) is 5.91 Å². The first-order valence-electron chi connectivity index (χ1n) is 7.23. The Morgan fingerprint density at radius 1 is 1.48 bits per heavy atom. The standard InChI is InChI=1S/C15H18N2O5S/c1-9(2)12-8-22-15(19)16(12)14(18)7-13(23)10-5-3-4-6-11(10)17(20)21/h3-6,9,12-13,23H,7-8H2,1-2H3/t12-,13+/m1/s1. The van der Waals surface area contributed by atoms with Crippen LogP contribution in [0.4, 0.5) is 10.5 Å². The van der Waals surface area contributed by atoms with Gasteiger partial charge in [-0.2, -0.15) is 12.6 Å². The van der Waals surface area contributed by atoms with Crippen LogP contribution in [0.15, 0.2) is 24.3 Å². The van der Waals surface area contributed by atoms with Crippen molar-refractivity contribution in [3.8, 4) is 0 Å². The normalized spacial score (nSPS) is 18.9. The van der Waals surface area contributed by atoms with Gasteiger partial charge < -0.3 is 4.74 Å². The second kappa shape index (κ2) is 6.99. The van der Waals surface area contributed by atoms with Crippen LogP contribution in [0.5, 0.6) is 0 Å². The molecule has 1 saturated heterocycles. The summed E-state index contributed by atoms with van der Waals surface area (Å²) in [5.41, 5.74) is 0.257. The van der Waals surface area contributed by atoms with Crippen LogP contribution in [0.2, 0.25) is 0 Å². The number of hydrogen-bond acceptors (Lipinski definition) is 6. The summed E-state index contributed by atoms with van der Waals surface area (Å²) in [5.74, 6) is -0.376. The average Bonchev–Trinajstić information content (AvgIpc) is 2.89. The predicted molar refractivity (Wildman–Crippen MR) is 86.3 cm³/mol. The minimum atomic E-state index is -0.676. The molecule has 8 heteroatoms. The van der Waals surface area contributed by atoms with Crippen LogP contribution in [-0.2, 0) is 9.53 Å². The van der Waals surface area contributed by atoms with Crippen molar-refractivity contribution in [3.05, 3.63) is 39.9 Å². The highest BCUT2D eigenvalue weighted by molar-refractivity contribution is 7.80. The van der Waals surface area contributed by atoms with Crippen LogP contribution >= 0.6 is 12.6 Å². The zero-order valence-electron chi connectivity index (χ0n) is 12.8. The number of imide groups is 1. The van der Waals surface area contributed by atoms with E-state index in [-0.39, 0.29) is 30.7 Å². The molecule has 0 unspecified atom stereocenters. The van der Waals surface area contributed by atoms with Crippen molar-refractivity contribution in [3.63, 3.8) is 0 Å². The van der Waals surface area contributed by atoms with E-state index in [0.29, 0.717) is 5.56 Å². The van der Waals surface area contributed by atoms with Crippen molar-refractivity contribution in [1.29, 1.82) is 0 Å². The summed E-state index contributed by atoms with van der Waals surface area (Å²) < 4.78 is 4.94. The van der Waals surface area contributed by atoms with Crippen LogP contribution in [0.1, 0.15) is 31.1 Å². The van der Waals surface area contributed by atoms with Crippen molar-refractivity contribution < 1.29 is 19.2 Å². The molecule has 2 atom stereocenters. The number of amides is 2. The monoisotopic (exact) mass is 338 g/mol. The maximum absolute atomic E-state index is 12.4. The zero-order valence-corrected chi connectivity index (χ0v) is 13.7. The maximum atomic E-state index is 12.4. The number of benzene rings is 1. The van der Waals surface area contributed by atoms with Gasteiger partial charge in [-0.25, -0.2) is 9.69 Å². The lowest BCUT2D eigenvalue weighted by atomic mass is 10.0. The van der Waals surface area contributed by atoms with E-state index in [1.165, 1.54) is 6.07 Å². The fraction of sp³-hybridized carbons (Fsp3) is 0.467. The van der Waals surface area contributed by atoms with Crippen molar-refractivity contribution in [1.82, 2.24) is 4.90 Å². The molecule has 7 nitrogen and oxygen atoms in total. The summed E-state index contributed by atoms with van der Waals surface area (Å²) in [6.07, 6.45) is -0.788. The Kier molecular flexibility index (Phi) is 5.25. The number of thiol groups is 1. The molecule has 124 valence electrons. The Bertz CT molecular complexity index is 634. The fourth-order valence-electron chi connectivity index (χ4n) is 2.52. The Labute approximate surface area is 139 Å². The van der Waals surface area contributed by atoms with Crippen LogP contribution in [0.25, 0.3) is 0 Å². The molecule has 2 amide bonds. The van der Waals surface area contributed by atoms with E-state index in [9.17, 15) is 19.7 Å². The van der Waals surface area contributed by atoms with Gasteiger partial charge in [0.1, 0.15) is 6.61 Å². The highest BCUT2D eigenvalue weighted by Crippen LogP contribution is 2.33. The number of nitro groups is 1. The molecular weight excluding hydrogens is 320 g/mol. The van der Waals surface area contributed by atoms with E-state index in [0.717, 1.165) is 4.90 Å². The lowest BCUT2D eigenvalue weighted by Gasteiger charge is -2.23. The van der Waals surface area contributed by atoms with Gasteiger partial charge in [-0.1, -0.05) is 32.0 Å². The third-order valence-corrected chi connectivity index (χ3v) is 4.27. The van der Waals surface area contributed by atoms with Crippen molar-refractivity contribution in [2.45, 2.75) is 31.6 Å². The molecule has 0 aliphatic carbocycles. The molecule has 1 aliphatic heterocycles. The van der Waals surface area contributed by atoms with Gasteiger partial charge >= 0.3 is 6.09 Å². The van der Waals surface area contributed by atoms with Gasteiger partial charge in [0.15, 0.2) is 0 Å². The fourth-order valence-corrected chi connectivity index (χ4v) is 2.90. The van der Waals surface area contributed by atoms with Crippen molar-refractivity contribution in [2.75, 3.05) is 6.61 Å². The van der Waals surface area contributed by atoms with E-state index in [4.69, 9.17) is 4.74 Å². The molecule has 1 aromatic carbocycles. The van der Waals surface area contributed by atoms with Gasteiger partial charge in [0.25, 0.3) is 5.69 Å². The number of cyclic esters (lactones) is 1. The predicted octanol–water partition coefficient (Wildman–Crippen LogP) is 2.96. The minimum absolute atomic E-state index is 0.0647. The molecule has 0 radical (unpaired) electrons. The molecule has 2 rings (SSSR count). The first-order valence-corrected chi connectivity index (χ1v) is 7.74. The van der Waals surface area contributed by atoms with E-state index < -0.39 is 22.2 Å². The van der Waals surface area contributed by atoms with Gasteiger partial charge in [-0.3, -0.25) is 14.9 Å². The Morgan fingerprint density at radius 3 is 2.74 bits per heavy atom. The summed E-state index contributed by atoms with van der Waals surface area (Å²) in [6.45, 7) is 3.96. The first kappa shape index (κ1) is 17.3. The smallest absolute Gasteiger partial charge is 0.416 e. The number of para-hydroxylation sites is 1. The summed E-state index contributed by atoms with van der Waals surface area (Å²) >= 11 is 4.32. The largest absolute Gasteiger partial charge is 0.447 e. The molecule has 1 aromatic rings. The highest BCUT2D eigenvalue weighted by Gasteiger charge is 2.40. The number of carbonyl (C=O) groups excluding carboxylic acids is 2. The molecule has 0 aromatic heterocycles. The molecular formula is C15H18N2O5S. The van der Waals surface area contributed by atoms with E-state index in [1.807, 2.05) is 13.8 Å². The lowest BCUT2D eigenvalue weighted by Crippen LogP contribution is -2.42. The van der Waals surface area contributed by atoms with Crippen molar-refractivity contribution in [2.24, 2.45) is 5.92 Å². The molecule has 0 saturated carbocycles. The molecule has 0 bridgehead atoms. The van der Waals surface area contributed by atoms with E-state index in [1.54, 1.807) is 18.2 Å². The summed E-state index contributed by atoms with van der Waals surface area (Å²) in [6, 6.07) is 5.81. The van der Waals surface area contributed by atoms with E-state index >= 15 is 0 Å². The first-order chi connectivity index (χ1) is 10.8. The molecule has 1 fully saturated rings. The van der Waals surface area contributed by atoms with Crippen LogP contribution in [-0.4, -0.2) is 34.5 Å². The van der Waals surface area contributed by atoms with Gasteiger partial charge in [-0.15, -0.1) is 0 Å². The topological polar surface area (TPSA) is 89.8 Å². The van der Waals surface area contributed by atoms with Gasteiger partial charge in [0, 0.05) is 23.3 Å². The van der Waals surface area contributed by atoms with Gasteiger partial charge in [-0.05, 0) is 5.92 Å². The maximum Gasteiger partial charge on any atom is 0.416 e.